The Bertz CT molecular complexity index is 960. The van der Waals surface area contributed by atoms with Gasteiger partial charge in [-0.1, -0.05) is 42.5 Å². The number of carbonyl (C=O) groups excluding carboxylic acids is 1. The Morgan fingerprint density at radius 1 is 1.07 bits per heavy atom. The van der Waals surface area contributed by atoms with Gasteiger partial charge in [-0.3, -0.25) is 10.3 Å². The van der Waals surface area contributed by atoms with Crippen molar-refractivity contribution in [1.82, 2.24) is 15.6 Å². The number of piperidine rings is 1. The molecule has 3 aliphatic heterocycles. The minimum absolute atomic E-state index is 0.407. The number of amidine groups is 2. The molecule has 148 valence electrons. The van der Waals surface area contributed by atoms with Crippen LogP contribution in [0.15, 0.2) is 58.6 Å². The molecule has 3 heterocycles. The minimum Gasteiger partial charge on any atom is -0.325 e. The van der Waals surface area contributed by atoms with Crippen LogP contribution in [0.25, 0.3) is 0 Å². The summed E-state index contributed by atoms with van der Waals surface area (Å²) in [6.07, 6.45) is 4.48. The van der Waals surface area contributed by atoms with Crippen LogP contribution in [0.5, 0.6) is 0 Å². The SMILES string of the molecule is O=CC1NN=C2NC(CN3CCC(Cc4ccccc4)CC3)=Nc3cccc1c32. The highest BCUT2D eigenvalue weighted by atomic mass is 16.1. The third kappa shape index (κ3) is 3.68. The van der Waals surface area contributed by atoms with Crippen LogP contribution >= 0.6 is 0 Å². The van der Waals surface area contributed by atoms with Gasteiger partial charge >= 0.3 is 0 Å². The summed E-state index contributed by atoms with van der Waals surface area (Å²) in [6.45, 7) is 2.96. The minimum atomic E-state index is -0.407. The highest BCUT2D eigenvalue weighted by Crippen LogP contribution is 2.32. The molecule has 0 amide bonds. The summed E-state index contributed by atoms with van der Waals surface area (Å²) >= 11 is 0. The van der Waals surface area contributed by atoms with E-state index in [1.165, 1.54) is 24.8 Å². The lowest BCUT2D eigenvalue weighted by Gasteiger charge is -2.34. The Morgan fingerprint density at radius 3 is 2.69 bits per heavy atom. The molecule has 6 nitrogen and oxygen atoms in total. The van der Waals surface area contributed by atoms with Crippen LogP contribution in [0.3, 0.4) is 0 Å². The zero-order chi connectivity index (χ0) is 19.6. The molecule has 5 rings (SSSR count). The number of hydrogen-bond donors (Lipinski definition) is 2. The van der Waals surface area contributed by atoms with Gasteiger partial charge in [0.2, 0.25) is 0 Å². The summed E-state index contributed by atoms with van der Waals surface area (Å²) in [4.78, 5) is 18.6. The van der Waals surface area contributed by atoms with E-state index in [-0.39, 0.29) is 0 Å². The molecule has 1 atom stereocenters. The maximum atomic E-state index is 11.3. The summed E-state index contributed by atoms with van der Waals surface area (Å²) < 4.78 is 0. The number of hydrogen-bond acceptors (Lipinski definition) is 6. The molecule has 1 fully saturated rings. The summed E-state index contributed by atoms with van der Waals surface area (Å²) in [5.41, 5.74) is 7.13. The number of likely N-dealkylation sites (tertiary alicyclic amines) is 1. The molecule has 0 radical (unpaired) electrons. The molecule has 1 unspecified atom stereocenters. The average molecular weight is 387 g/mol. The number of benzene rings is 2. The molecule has 2 N–H and O–H groups in total. The van der Waals surface area contributed by atoms with Crippen molar-refractivity contribution in [2.75, 3.05) is 19.6 Å². The van der Waals surface area contributed by atoms with E-state index in [1.54, 1.807) is 0 Å². The Hall–Kier alpha value is -2.99. The second-order valence-electron chi connectivity index (χ2n) is 8.04. The monoisotopic (exact) mass is 387 g/mol. The van der Waals surface area contributed by atoms with Crippen LogP contribution in [0, 0.1) is 5.92 Å². The topological polar surface area (TPSA) is 69.1 Å². The summed E-state index contributed by atoms with van der Waals surface area (Å²) in [5.74, 6) is 2.43. The molecule has 6 heteroatoms. The molecule has 0 saturated carbocycles. The van der Waals surface area contributed by atoms with Gasteiger partial charge in [0, 0.05) is 0 Å². The Kier molecular flexibility index (Phi) is 4.86. The predicted molar refractivity (Wildman–Crippen MR) is 114 cm³/mol. The number of hydrazone groups is 1. The van der Waals surface area contributed by atoms with Crippen LogP contribution in [-0.4, -0.2) is 42.5 Å². The van der Waals surface area contributed by atoms with Crippen molar-refractivity contribution in [3.05, 3.63) is 65.2 Å². The van der Waals surface area contributed by atoms with Gasteiger partial charge in [-0.25, -0.2) is 4.99 Å². The van der Waals surface area contributed by atoms with Gasteiger partial charge in [0.1, 0.15) is 18.2 Å². The second kappa shape index (κ2) is 7.79. The van der Waals surface area contributed by atoms with Gasteiger partial charge in [0.25, 0.3) is 0 Å². The van der Waals surface area contributed by atoms with E-state index in [0.717, 1.165) is 60.3 Å². The third-order valence-corrected chi connectivity index (χ3v) is 6.06. The van der Waals surface area contributed by atoms with Crippen molar-refractivity contribution in [3.8, 4) is 0 Å². The van der Waals surface area contributed by atoms with E-state index in [4.69, 9.17) is 4.99 Å². The fourth-order valence-electron chi connectivity index (χ4n) is 4.51. The van der Waals surface area contributed by atoms with Crippen LogP contribution in [0.1, 0.15) is 35.6 Å². The quantitative estimate of drug-likeness (QED) is 0.774. The second-order valence-corrected chi connectivity index (χ2v) is 8.04. The third-order valence-electron chi connectivity index (χ3n) is 6.06. The molecule has 0 bridgehead atoms. The first-order valence-corrected chi connectivity index (χ1v) is 10.3. The molecule has 0 aliphatic carbocycles. The first-order valence-electron chi connectivity index (χ1n) is 10.3. The molecule has 2 aromatic rings. The van der Waals surface area contributed by atoms with Gasteiger partial charge in [-0.2, -0.15) is 5.10 Å². The van der Waals surface area contributed by atoms with E-state index in [0.29, 0.717) is 0 Å². The van der Waals surface area contributed by atoms with Gasteiger partial charge < -0.3 is 10.1 Å². The average Bonchev–Trinajstić information content (AvgIpc) is 2.76. The summed E-state index contributed by atoms with van der Waals surface area (Å²) in [5, 5.41) is 7.76. The van der Waals surface area contributed by atoms with Crippen LogP contribution < -0.4 is 10.7 Å². The molecular formula is C23H25N5O. The van der Waals surface area contributed by atoms with Crippen LogP contribution in [0.2, 0.25) is 0 Å². The molecule has 3 aliphatic rings. The van der Waals surface area contributed by atoms with Crippen LogP contribution in [-0.2, 0) is 11.2 Å². The standard InChI is InChI=1S/C23H25N5O/c29-15-20-18-7-4-8-19-22(18)23(27-26-20)25-21(24-19)14-28-11-9-17(10-12-28)13-16-5-2-1-3-6-16/h1-8,15,17,20,26H,9-14H2,(H,24,25,27). The highest BCUT2D eigenvalue weighted by molar-refractivity contribution is 6.17. The fourth-order valence-corrected chi connectivity index (χ4v) is 4.51. The van der Waals surface area contributed by atoms with E-state index in [9.17, 15) is 4.79 Å². The molecule has 2 aromatic carbocycles. The summed E-state index contributed by atoms with van der Waals surface area (Å²) in [7, 11) is 0. The van der Waals surface area contributed by atoms with Crippen molar-refractivity contribution >= 4 is 23.6 Å². The number of nitrogens with zero attached hydrogens (tertiary/aromatic N) is 3. The van der Waals surface area contributed by atoms with Crippen molar-refractivity contribution in [2.24, 2.45) is 16.0 Å². The zero-order valence-electron chi connectivity index (χ0n) is 16.3. The van der Waals surface area contributed by atoms with Gasteiger partial charge in [-0.05, 0) is 55.5 Å². The predicted octanol–water partition coefficient (Wildman–Crippen LogP) is 2.78. The molecule has 29 heavy (non-hydrogen) atoms. The Balaban J connectivity index is 1.25. The Morgan fingerprint density at radius 2 is 1.90 bits per heavy atom. The Labute approximate surface area is 170 Å². The normalized spacial score (nSPS) is 21.3. The molecule has 0 spiro atoms. The number of carbonyl (C=O) groups is 1. The van der Waals surface area contributed by atoms with Gasteiger partial charge in [0.05, 0.1) is 17.8 Å². The first-order chi connectivity index (χ1) is 14.3. The number of aliphatic imine (C=N–C) groups is 1. The molecular weight excluding hydrogens is 362 g/mol. The smallest absolute Gasteiger partial charge is 0.161 e. The van der Waals surface area contributed by atoms with Crippen LogP contribution in [0.4, 0.5) is 5.69 Å². The van der Waals surface area contributed by atoms with Crippen molar-refractivity contribution in [1.29, 1.82) is 0 Å². The number of nitrogens with one attached hydrogen (secondary N) is 2. The zero-order valence-corrected chi connectivity index (χ0v) is 16.3. The van der Waals surface area contributed by atoms with E-state index in [1.807, 2.05) is 18.2 Å². The van der Waals surface area contributed by atoms with E-state index >= 15 is 0 Å². The van der Waals surface area contributed by atoms with Gasteiger partial charge in [-0.15, -0.1) is 0 Å². The highest BCUT2D eigenvalue weighted by Gasteiger charge is 2.29. The van der Waals surface area contributed by atoms with Crippen molar-refractivity contribution in [2.45, 2.75) is 25.3 Å². The first kappa shape index (κ1) is 18.1. The van der Waals surface area contributed by atoms with Crippen molar-refractivity contribution in [3.63, 3.8) is 0 Å². The fraction of sp³-hybridized carbons (Fsp3) is 0.348. The maximum absolute atomic E-state index is 11.3. The molecule has 0 aromatic heterocycles. The van der Waals surface area contributed by atoms with E-state index < -0.39 is 6.04 Å². The number of rotatable bonds is 5. The molecule has 1 saturated heterocycles. The van der Waals surface area contributed by atoms with Crippen molar-refractivity contribution < 1.29 is 4.79 Å². The lowest BCUT2D eigenvalue weighted by atomic mass is 9.90. The lowest BCUT2D eigenvalue weighted by molar-refractivity contribution is -0.109. The van der Waals surface area contributed by atoms with E-state index in [2.05, 4.69) is 51.1 Å². The summed E-state index contributed by atoms with van der Waals surface area (Å²) in [6, 6.07) is 16.3. The largest absolute Gasteiger partial charge is 0.325 e. The number of aldehydes is 1. The maximum Gasteiger partial charge on any atom is 0.161 e. The van der Waals surface area contributed by atoms with Gasteiger partial charge in [0.15, 0.2) is 5.84 Å². The lowest BCUT2D eigenvalue weighted by Crippen LogP contribution is -2.46.